The van der Waals surface area contributed by atoms with Crippen molar-refractivity contribution in [2.24, 2.45) is 10.9 Å². The van der Waals surface area contributed by atoms with Crippen molar-refractivity contribution < 1.29 is 0 Å². The molecule has 0 spiro atoms. The van der Waals surface area contributed by atoms with Gasteiger partial charge in [0.1, 0.15) is 11.0 Å². The topological polar surface area (TPSA) is 72.3 Å². The van der Waals surface area contributed by atoms with Crippen molar-refractivity contribution in [2.75, 3.05) is 5.12 Å². The molecule has 2 aliphatic rings. The largest absolute Gasteiger partial charge is 0.226 e. The summed E-state index contributed by atoms with van der Waals surface area (Å²) in [6.45, 7) is 4.56. The van der Waals surface area contributed by atoms with Crippen LogP contribution in [0.25, 0.3) is 44.7 Å². The Morgan fingerprint density at radius 1 is 0.857 bits per heavy atom. The molecule has 8 rings (SSSR count). The van der Waals surface area contributed by atoms with Crippen LogP contribution in [0.2, 0.25) is 0 Å². The maximum atomic E-state index is 6.54. The molecule has 0 fully saturated rings. The minimum absolute atomic E-state index is 0.187. The number of hydrazone groups is 1. The first-order valence-electron chi connectivity index (χ1n) is 14.4. The Morgan fingerprint density at radius 2 is 1.64 bits per heavy atom. The third-order valence-corrected chi connectivity index (χ3v) is 9.08. The molecule has 6 aromatic rings. The van der Waals surface area contributed by atoms with Crippen molar-refractivity contribution >= 4 is 39.3 Å². The Kier molecular flexibility index (Phi) is 5.43. The Balaban J connectivity index is 1.15. The summed E-state index contributed by atoms with van der Waals surface area (Å²) in [5.41, 5.74) is 11.9. The molecule has 2 N–H and O–H groups in total. The van der Waals surface area contributed by atoms with E-state index in [1.54, 1.807) is 4.80 Å². The van der Waals surface area contributed by atoms with E-state index in [9.17, 15) is 0 Å². The lowest BCUT2D eigenvalue weighted by molar-refractivity contribution is 0.563. The van der Waals surface area contributed by atoms with Gasteiger partial charge in [0.25, 0.3) is 0 Å². The minimum atomic E-state index is -0.187. The molecule has 6 nitrogen and oxygen atoms in total. The Labute approximate surface area is 244 Å². The van der Waals surface area contributed by atoms with Gasteiger partial charge in [-0.25, -0.2) is 5.84 Å². The number of hydrazine groups is 1. The summed E-state index contributed by atoms with van der Waals surface area (Å²) in [4.78, 5) is 1.77. The van der Waals surface area contributed by atoms with E-state index in [0.717, 1.165) is 46.3 Å². The average Bonchev–Trinajstić information content (AvgIpc) is 3.58. The van der Waals surface area contributed by atoms with E-state index in [1.807, 2.05) is 12.1 Å². The summed E-state index contributed by atoms with van der Waals surface area (Å²) in [6, 6.07) is 33.9. The number of anilines is 1. The van der Waals surface area contributed by atoms with Gasteiger partial charge in [0.05, 0.1) is 17.1 Å². The third kappa shape index (κ3) is 3.72. The number of rotatable bonds is 4. The molecule has 0 bridgehead atoms. The molecule has 6 heteroatoms. The van der Waals surface area contributed by atoms with Crippen molar-refractivity contribution in [3.8, 4) is 16.8 Å². The molecule has 0 saturated carbocycles. The summed E-state index contributed by atoms with van der Waals surface area (Å²) in [7, 11) is 0. The number of aromatic nitrogens is 3. The van der Waals surface area contributed by atoms with Crippen LogP contribution < -0.4 is 11.0 Å². The average molecular weight is 547 g/mol. The minimum Gasteiger partial charge on any atom is -0.226 e. The van der Waals surface area contributed by atoms with Gasteiger partial charge in [-0.15, -0.1) is 10.2 Å². The highest BCUT2D eigenvalue weighted by Gasteiger charge is 2.38. The van der Waals surface area contributed by atoms with Gasteiger partial charge in [-0.2, -0.15) is 15.0 Å². The van der Waals surface area contributed by atoms with Crippen LogP contribution in [0.4, 0.5) is 5.69 Å². The van der Waals surface area contributed by atoms with E-state index in [1.165, 1.54) is 43.9 Å². The number of nitrogens with two attached hydrogens (primary N) is 1. The predicted octanol–water partition coefficient (Wildman–Crippen LogP) is 7.58. The molecule has 1 atom stereocenters. The summed E-state index contributed by atoms with van der Waals surface area (Å²) >= 11 is 0. The fourth-order valence-corrected chi connectivity index (χ4v) is 6.57. The van der Waals surface area contributed by atoms with Gasteiger partial charge in [0, 0.05) is 17.2 Å². The molecule has 5 aromatic carbocycles. The molecule has 204 valence electrons. The highest BCUT2D eigenvalue weighted by molar-refractivity contribution is 6.04. The molecule has 0 radical (unpaired) electrons. The van der Waals surface area contributed by atoms with Crippen molar-refractivity contribution in [3.63, 3.8) is 0 Å². The summed E-state index contributed by atoms with van der Waals surface area (Å²) < 4.78 is 0. The normalized spacial score (nSPS) is 17.9. The zero-order valence-corrected chi connectivity index (χ0v) is 23.6. The fourth-order valence-electron chi connectivity index (χ4n) is 6.57. The maximum absolute atomic E-state index is 6.54. The monoisotopic (exact) mass is 546 g/mol. The third-order valence-electron chi connectivity index (χ3n) is 9.08. The number of hydrogen-bond donors (Lipinski definition) is 1. The van der Waals surface area contributed by atoms with Crippen LogP contribution in [-0.2, 0) is 11.8 Å². The van der Waals surface area contributed by atoms with Crippen molar-refractivity contribution in [2.45, 2.75) is 32.1 Å². The van der Waals surface area contributed by atoms with Crippen LogP contribution in [0.15, 0.2) is 108 Å². The standard InChI is InChI=1S/C36H30N6/c1-3-36(2)32-21-27(41(37)38-26-14-12-23-8-4-5-10-25(23)20-26)15-17-30(32)31-18-16-28(22-33(31)36)42-39-34-19-13-24-9-6-7-11-29(24)35(34)40-42/h4-19,21-22H,3,20,37H2,1-2H3/b38-26-. The summed E-state index contributed by atoms with van der Waals surface area (Å²) in [6.07, 6.45) is 5.87. The van der Waals surface area contributed by atoms with Crippen molar-refractivity contribution in [1.82, 2.24) is 15.0 Å². The van der Waals surface area contributed by atoms with Gasteiger partial charge in [-0.05, 0) is 81.6 Å². The highest BCUT2D eigenvalue weighted by Crippen LogP contribution is 2.52. The van der Waals surface area contributed by atoms with Gasteiger partial charge in [-0.1, -0.05) is 86.7 Å². The smallest absolute Gasteiger partial charge is 0.121 e. The molecule has 0 amide bonds. The quantitative estimate of drug-likeness (QED) is 0.183. The number of hydrogen-bond acceptors (Lipinski definition) is 5. The van der Waals surface area contributed by atoms with Crippen LogP contribution >= 0.6 is 0 Å². The second kappa shape index (κ2) is 9.23. The molecule has 0 aliphatic heterocycles. The lowest BCUT2D eigenvalue weighted by atomic mass is 9.78. The molecule has 0 saturated heterocycles. The molecule has 1 unspecified atom stereocenters. The van der Waals surface area contributed by atoms with E-state index in [2.05, 4.69) is 111 Å². The first-order valence-corrected chi connectivity index (χ1v) is 14.4. The summed E-state index contributed by atoms with van der Waals surface area (Å²) in [5, 5.41) is 18.3. The van der Waals surface area contributed by atoms with Crippen LogP contribution in [0.1, 0.15) is 42.5 Å². The van der Waals surface area contributed by atoms with Crippen molar-refractivity contribution in [3.05, 3.63) is 125 Å². The van der Waals surface area contributed by atoms with Crippen LogP contribution in [0.3, 0.4) is 0 Å². The lowest BCUT2D eigenvalue weighted by Crippen LogP contribution is -2.27. The van der Waals surface area contributed by atoms with Gasteiger partial charge >= 0.3 is 0 Å². The Hall–Kier alpha value is -5.07. The van der Waals surface area contributed by atoms with E-state index >= 15 is 0 Å². The SMILES string of the molecule is CCC1(C)c2cc(N(N)/N=C3/C=Cc4ccccc4C3)ccc2-c2ccc(-n3nc4ccc5ccccc5c4n3)cc21. The second-order valence-electron chi connectivity index (χ2n) is 11.4. The van der Waals surface area contributed by atoms with E-state index in [0.29, 0.717) is 0 Å². The van der Waals surface area contributed by atoms with E-state index in [-0.39, 0.29) is 5.41 Å². The van der Waals surface area contributed by atoms with Crippen LogP contribution in [-0.4, -0.2) is 20.7 Å². The molecule has 1 aromatic heterocycles. The molecule has 2 aliphatic carbocycles. The first-order chi connectivity index (χ1) is 20.5. The van der Waals surface area contributed by atoms with Gasteiger partial charge < -0.3 is 0 Å². The number of nitrogens with zero attached hydrogens (tertiary/aromatic N) is 5. The highest BCUT2D eigenvalue weighted by atomic mass is 15.6. The number of fused-ring (bicyclic) bond motifs is 7. The van der Waals surface area contributed by atoms with Crippen LogP contribution in [0.5, 0.6) is 0 Å². The van der Waals surface area contributed by atoms with Gasteiger partial charge in [-0.3, -0.25) is 0 Å². The molecule has 1 heterocycles. The number of benzene rings is 5. The van der Waals surface area contributed by atoms with Gasteiger partial charge in [0.15, 0.2) is 0 Å². The molecule has 42 heavy (non-hydrogen) atoms. The van der Waals surface area contributed by atoms with E-state index in [4.69, 9.17) is 21.1 Å². The molecular weight excluding hydrogens is 516 g/mol. The molecular formula is C36H30N6. The number of allylic oxidation sites excluding steroid dienone is 1. The second-order valence-corrected chi connectivity index (χ2v) is 11.4. The van der Waals surface area contributed by atoms with Crippen LogP contribution in [0, 0.1) is 0 Å². The zero-order valence-electron chi connectivity index (χ0n) is 23.6. The van der Waals surface area contributed by atoms with Gasteiger partial charge in [0.2, 0.25) is 0 Å². The zero-order chi connectivity index (χ0) is 28.4. The Bertz CT molecular complexity index is 2100. The van der Waals surface area contributed by atoms with E-state index < -0.39 is 0 Å². The predicted molar refractivity (Wildman–Crippen MR) is 172 cm³/mol. The fraction of sp³-hybridized carbons (Fsp3) is 0.139. The van der Waals surface area contributed by atoms with Crippen molar-refractivity contribution in [1.29, 1.82) is 0 Å². The summed E-state index contributed by atoms with van der Waals surface area (Å²) in [5.74, 6) is 6.54. The Morgan fingerprint density at radius 3 is 2.52 bits per heavy atom. The maximum Gasteiger partial charge on any atom is 0.121 e. The lowest BCUT2D eigenvalue weighted by Gasteiger charge is -2.27. The first kappa shape index (κ1) is 24.7.